The molecule has 7 nitrogen and oxygen atoms in total. The minimum atomic E-state index is -1.17. The molecule has 0 saturated heterocycles. The molecular weight excluding hydrogens is 881 g/mol. The molecule has 0 aliphatic rings. The molecule has 1 aromatic heterocycles. The Labute approximate surface area is 340 Å². The van der Waals surface area contributed by atoms with Crippen molar-refractivity contribution < 1.29 is 50.9 Å². The summed E-state index contributed by atoms with van der Waals surface area (Å²) in [6.07, 6.45) is 0.227. The molecule has 294 valence electrons. The molecule has 0 radical (unpaired) electrons. The maximum absolute atomic E-state index is 14.8. The number of ketones is 2. The third kappa shape index (κ3) is 11.0. The smallest absolute Gasteiger partial charge is 0.335 e. The van der Waals surface area contributed by atoms with Crippen molar-refractivity contribution in [3.8, 4) is 28.4 Å². The number of nitrogens with zero attached hydrogens (tertiary/aromatic N) is 1. The van der Waals surface area contributed by atoms with Crippen LogP contribution in [0.5, 0.6) is 11.5 Å². The van der Waals surface area contributed by atoms with E-state index in [4.69, 9.17) is 9.47 Å². The van der Waals surface area contributed by atoms with Gasteiger partial charge in [0.2, 0.25) is 0 Å². The highest BCUT2D eigenvalue weighted by Crippen LogP contribution is 2.37. The second-order valence-electron chi connectivity index (χ2n) is 12.6. The Morgan fingerprint density at radius 1 is 0.649 bits per heavy atom. The number of ether oxygens (including phenoxy) is 2. The maximum Gasteiger partial charge on any atom is 0.335 e. The van der Waals surface area contributed by atoms with E-state index < -0.39 is 35.1 Å². The third-order valence-electron chi connectivity index (χ3n) is 8.47. The van der Waals surface area contributed by atoms with Gasteiger partial charge in [-0.05, 0) is 105 Å². The van der Waals surface area contributed by atoms with Gasteiger partial charge >= 0.3 is 5.97 Å². The molecule has 0 saturated carbocycles. The Kier molecular flexibility index (Phi) is 14.2. The largest absolute Gasteiger partial charge is 0.488 e. The van der Waals surface area contributed by atoms with Gasteiger partial charge in [0.15, 0.2) is 5.78 Å². The number of aromatic carboxylic acids is 1. The number of aromatic nitrogens is 1. The molecule has 0 aliphatic heterocycles. The van der Waals surface area contributed by atoms with Crippen molar-refractivity contribution in [1.29, 1.82) is 0 Å². The number of carbonyl (C=O) groups excluding carboxylic acids is 2. The lowest BCUT2D eigenvalue weighted by molar-refractivity contribution is -0.117. The van der Waals surface area contributed by atoms with Crippen molar-refractivity contribution in [2.75, 3.05) is 0 Å². The minimum absolute atomic E-state index is 0.0528. The first kappa shape index (κ1) is 42.5. The Morgan fingerprint density at radius 2 is 1.23 bits per heavy atom. The number of benzene rings is 5. The number of aryl methyl sites for hydroxylation is 1. The van der Waals surface area contributed by atoms with Crippen molar-refractivity contribution in [2.45, 2.75) is 39.9 Å². The van der Waals surface area contributed by atoms with Gasteiger partial charge < -0.3 is 23.9 Å². The normalized spacial score (nSPS) is 10.8. The fourth-order valence-corrected chi connectivity index (χ4v) is 6.29. The van der Waals surface area contributed by atoms with Gasteiger partial charge in [0.1, 0.15) is 59.6 Å². The van der Waals surface area contributed by atoms with E-state index >= 15 is 0 Å². The van der Waals surface area contributed by atoms with Crippen LogP contribution < -0.4 is 9.47 Å². The summed E-state index contributed by atoms with van der Waals surface area (Å²) in [5.41, 5.74) is 2.48. The topological polar surface area (TPSA) is 94.8 Å². The quantitative estimate of drug-likeness (QED) is 0.0916. The summed E-state index contributed by atoms with van der Waals surface area (Å²) in [4.78, 5) is 34.7. The second-order valence-corrected chi connectivity index (χ2v) is 14.5. The Balaban J connectivity index is 0.000000230. The van der Waals surface area contributed by atoms with E-state index in [0.717, 1.165) is 34.8 Å². The van der Waals surface area contributed by atoms with Gasteiger partial charge in [-0.15, -0.1) is 0 Å². The fraction of sp³-hybridized carbons (Fsp3) is 0.140. The first-order valence-corrected chi connectivity index (χ1v) is 18.7. The summed E-state index contributed by atoms with van der Waals surface area (Å²) in [5.74, 6) is -4.18. The number of halogens is 7. The molecule has 0 amide bonds. The number of carbonyl (C=O) groups is 3. The number of hydrogen-bond acceptors (Lipinski definition) is 5. The predicted octanol–water partition coefficient (Wildman–Crippen LogP) is 11.8. The van der Waals surface area contributed by atoms with E-state index in [-0.39, 0.29) is 65.7 Å². The summed E-state index contributed by atoms with van der Waals surface area (Å²) < 4.78 is 83.0. The van der Waals surface area contributed by atoms with Crippen LogP contribution in [0.25, 0.3) is 16.9 Å². The van der Waals surface area contributed by atoms with Crippen LogP contribution in [0.3, 0.4) is 0 Å². The summed E-state index contributed by atoms with van der Waals surface area (Å²) in [5, 5.41) is 9.34. The zero-order valence-corrected chi connectivity index (χ0v) is 33.4. The van der Waals surface area contributed by atoms with Crippen LogP contribution >= 0.6 is 31.9 Å². The van der Waals surface area contributed by atoms with Gasteiger partial charge in [0.05, 0.1) is 22.5 Å². The summed E-state index contributed by atoms with van der Waals surface area (Å²) >= 11 is 6.71. The van der Waals surface area contributed by atoms with Gasteiger partial charge in [0.25, 0.3) is 0 Å². The maximum atomic E-state index is 14.8. The molecule has 6 rings (SSSR count). The lowest BCUT2D eigenvalue weighted by Gasteiger charge is -2.17. The molecule has 0 fully saturated rings. The molecule has 0 bridgehead atoms. The zero-order valence-electron chi connectivity index (χ0n) is 30.2. The van der Waals surface area contributed by atoms with Gasteiger partial charge in [-0.2, -0.15) is 0 Å². The molecule has 0 aliphatic carbocycles. The molecule has 0 atom stereocenters. The fourth-order valence-electron chi connectivity index (χ4n) is 5.57. The predicted molar refractivity (Wildman–Crippen MR) is 210 cm³/mol. The summed E-state index contributed by atoms with van der Waals surface area (Å²) in [6, 6.07) is 23.6. The lowest BCUT2D eigenvalue weighted by Crippen LogP contribution is -2.07. The van der Waals surface area contributed by atoms with Gasteiger partial charge in [0, 0.05) is 56.3 Å². The average Bonchev–Trinajstić information content (AvgIpc) is 3.54. The van der Waals surface area contributed by atoms with Gasteiger partial charge in [-0.25, -0.2) is 26.7 Å². The van der Waals surface area contributed by atoms with Crippen LogP contribution in [0.15, 0.2) is 112 Å². The third-order valence-corrected chi connectivity index (χ3v) is 9.46. The van der Waals surface area contributed by atoms with E-state index in [1.165, 1.54) is 31.2 Å². The molecule has 14 heteroatoms. The first-order valence-electron chi connectivity index (χ1n) is 17.1. The Hall–Kier alpha value is -5.60. The molecule has 1 heterocycles. The van der Waals surface area contributed by atoms with Gasteiger partial charge in [-0.3, -0.25) is 4.79 Å². The van der Waals surface area contributed by atoms with Crippen molar-refractivity contribution >= 4 is 49.4 Å². The molecule has 0 spiro atoms. The van der Waals surface area contributed by atoms with Crippen LogP contribution in [-0.2, 0) is 18.0 Å². The number of carboxylic acids is 1. The first-order chi connectivity index (χ1) is 27.1. The van der Waals surface area contributed by atoms with E-state index in [9.17, 15) is 41.4 Å². The van der Waals surface area contributed by atoms with Crippen molar-refractivity contribution in [3.05, 3.63) is 169 Å². The van der Waals surface area contributed by atoms with Crippen molar-refractivity contribution in [1.82, 2.24) is 4.57 Å². The molecule has 57 heavy (non-hydrogen) atoms. The Bertz CT molecular complexity index is 2470. The number of carboxylic acid groups (broad SMARTS) is 1. The van der Waals surface area contributed by atoms with Crippen LogP contribution in [0.2, 0.25) is 0 Å². The molecular formula is C43H32Br2F5NO6. The lowest BCUT2D eigenvalue weighted by atomic mass is 10.0. The monoisotopic (exact) mass is 911 g/mol. The van der Waals surface area contributed by atoms with Crippen LogP contribution in [0.1, 0.15) is 57.3 Å². The van der Waals surface area contributed by atoms with Crippen LogP contribution in [-0.4, -0.2) is 27.2 Å². The van der Waals surface area contributed by atoms with Crippen molar-refractivity contribution in [3.63, 3.8) is 0 Å². The zero-order chi connectivity index (χ0) is 41.4. The highest BCUT2D eigenvalue weighted by Gasteiger charge is 2.20. The highest BCUT2D eigenvalue weighted by atomic mass is 79.9. The highest BCUT2D eigenvalue weighted by molar-refractivity contribution is 9.10. The van der Waals surface area contributed by atoms with Crippen molar-refractivity contribution in [2.24, 2.45) is 0 Å². The van der Waals surface area contributed by atoms with E-state index in [1.807, 2.05) is 0 Å². The second kappa shape index (κ2) is 19.0. The number of rotatable bonds is 13. The molecule has 6 aromatic rings. The standard InChI is InChI=1S/C25H17BrF3NO3.C18H15BrF2O3/c1-14-2-8-22(30(14)23-10-15(25(31)32)4-7-20(23)28)19-11-17(26)5-9-24(19)33-13-16-3-6-18(27)12-21(16)29;1-11(22)2-6-17(23)15-8-13(19)4-7-18(15)24-10-12-3-5-14(20)9-16(12)21/h2-12H,13H2,1H3,(H,31,32);3-5,7-9H,2,6,10H2,1H3. The number of hydrogen-bond donors (Lipinski definition) is 1. The summed E-state index contributed by atoms with van der Waals surface area (Å²) in [7, 11) is 0. The SMILES string of the molecule is CC(=O)CCC(=O)c1cc(Br)ccc1OCc1ccc(F)cc1F.Cc1ccc(-c2cc(Br)ccc2OCc2ccc(F)cc2F)n1-c1cc(C(=O)O)ccc1F. The minimum Gasteiger partial charge on any atom is -0.488 e. The van der Waals surface area contributed by atoms with Gasteiger partial charge in [-0.1, -0.05) is 31.9 Å². The molecule has 5 aromatic carbocycles. The van der Waals surface area contributed by atoms with E-state index in [0.29, 0.717) is 32.7 Å². The van der Waals surface area contributed by atoms with E-state index in [1.54, 1.807) is 60.0 Å². The molecule has 0 unspecified atom stereocenters. The summed E-state index contributed by atoms with van der Waals surface area (Å²) in [6.45, 7) is 2.90. The average molecular weight is 914 g/mol. The number of Topliss-reactive ketones (excluding diaryl/α,β-unsaturated/α-hetero) is 2. The van der Waals surface area contributed by atoms with Crippen LogP contribution in [0, 0.1) is 36.0 Å². The molecule has 1 N–H and O–H groups in total. The Morgan fingerprint density at radius 3 is 1.81 bits per heavy atom. The van der Waals surface area contributed by atoms with Crippen LogP contribution in [0.4, 0.5) is 22.0 Å². The van der Waals surface area contributed by atoms with E-state index in [2.05, 4.69) is 31.9 Å².